The van der Waals surface area contributed by atoms with Crippen molar-refractivity contribution in [3.8, 4) is 5.88 Å². The average Bonchev–Trinajstić information content (AvgIpc) is 2.72. The number of alkyl halides is 3. The zero-order valence-electron chi connectivity index (χ0n) is 17.0. The Bertz CT molecular complexity index is 1110. The number of nitrogens with one attached hydrogen (secondary N) is 1. The number of halogens is 3. The normalized spacial score (nSPS) is 14.5. The monoisotopic (exact) mass is 431 g/mol. The third kappa shape index (κ3) is 5.85. The molecule has 0 spiro atoms. The smallest absolute Gasteiger partial charge is 0.393 e. The maximum Gasteiger partial charge on any atom is 0.393 e. The molecule has 0 radical (unpaired) electrons. The molecule has 2 aromatic heterocycles. The van der Waals surface area contributed by atoms with Crippen molar-refractivity contribution in [1.82, 2.24) is 14.9 Å². The number of hydrogen-bond donors (Lipinski definition) is 1. The summed E-state index contributed by atoms with van der Waals surface area (Å²) in [7, 11) is 0. The van der Waals surface area contributed by atoms with Crippen LogP contribution in [-0.4, -0.2) is 40.7 Å². The summed E-state index contributed by atoms with van der Waals surface area (Å²) in [5.74, 6) is 0.482. The molecule has 0 saturated carbocycles. The van der Waals surface area contributed by atoms with Gasteiger partial charge < -0.3 is 9.72 Å². The molecular weight excluding hydrogens is 407 g/mol. The summed E-state index contributed by atoms with van der Waals surface area (Å²) in [6.45, 7) is 3.05. The van der Waals surface area contributed by atoms with Gasteiger partial charge in [-0.15, -0.1) is 0 Å². The van der Waals surface area contributed by atoms with E-state index in [4.69, 9.17) is 4.74 Å². The minimum Gasteiger partial charge on any atom is -0.478 e. The van der Waals surface area contributed by atoms with Gasteiger partial charge in [-0.25, -0.2) is 0 Å². The van der Waals surface area contributed by atoms with Gasteiger partial charge >= 0.3 is 6.18 Å². The van der Waals surface area contributed by atoms with Crippen LogP contribution in [0.4, 0.5) is 13.2 Å². The van der Waals surface area contributed by atoms with Crippen molar-refractivity contribution in [1.29, 1.82) is 0 Å². The number of hydrogen-bond acceptors (Lipinski definition) is 4. The minimum absolute atomic E-state index is 0.197. The molecule has 1 aliphatic rings. The molecule has 1 aliphatic heterocycles. The van der Waals surface area contributed by atoms with Crippen molar-refractivity contribution < 1.29 is 17.9 Å². The molecule has 8 heteroatoms. The highest BCUT2D eigenvalue weighted by molar-refractivity contribution is 5.74. The predicted molar refractivity (Wildman–Crippen MR) is 112 cm³/mol. The van der Waals surface area contributed by atoms with E-state index in [1.165, 1.54) is 6.07 Å². The molecule has 4 rings (SSSR count). The van der Waals surface area contributed by atoms with Crippen LogP contribution in [0.25, 0.3) is 11.0 Å². The first-order valence-corrected chi connectivity index (χ1v) is 10.4. The van der Waals surface area contributed by atoms with E-state index in [9.17, 15) is 18.0 Å². The first-order chi connectivity index (χ1) is 14.9. The SMILES string of the molecule is O=c1ccc2ccc(OCCCCN3CCc4cc(CC(F)(F)F)ccc4C3)nc2[nH]1. The number of rotatable bonds is 7. The van der Waals surface area contributed by atoms with Gasteiger partial charge in [0.15, 0.2) is 0 Å². The van der Waals surface area contributed by atoms with Gasteiger partial charge in [0.1, 0.15) is 5.65 Å². The molecule has 164 valence electrons. The summed E-state index contributed by atoms with van der Waals surface area (Å²) in [6, 6.07) is 12.0. The lowest BCUT2D eigenvalue weighted by molar-refractivity contribution is -0.127. The van der Waals surface area contributed by atoms with Crippen molar-refractivity contribution >= 4 is 11.0 Å². The van der Waals surface area contributed by atoms with E-state index in [0.717, 1.165) is 55.4 Å². The summed E-state index contributed by atoms with van der Waals surface area (Å²) in [5, 5.41) is 0.850. The Morgan fingerprint density at radius 2 is 1.90 bits per heavy atom. The number of nitrogens with zero attached hydrogens (tertiary/aromatic N) is 2. The van der Waals surface area contributed by atoms with Crippen LogP contribution < -0.4 is 10.3 Å². The first-order valence-electron chi connectivity index (χ1n) is 10.4. The summed E-state index contributed by atoms with van der Waals surface area (Å²) in [6.07, 6.45) is -2.45. The largest absolute Gasteiger partial charge is 0.478 e. The lowest BCUT2D eigenvalue weighted by Crippen LogP contribution is -2.31. The number of benzene rings is 1. The predicted octanol–water partition coefficient (Wildman–Crippen LogP) is 4.25. The molecule has 31 heavy (non-hydrogen) atoms. The van der Waals surface area contributed by atoms with Crippen LogP contribution in [0.1, 0.15) is 29.5 Å². The van der Waals surface area contributed by atoms with Crippen LogP contribution >= 0.6 is 0 Å². The van der Waals surface area contributed by atoms with Crippen LogP contribution in [0, 0.1) is 0 Å². The fraction of sp³-hybridized carbons (Fsp3) is 0.391. The molecule has 0 fully saturated rings. The Kier molecular flexibility index (Phi) is 6.27. The van der Waals surface area contributed by atoms with Gasteiger partial charge in [-0.05, 0) is 54.6 Å². The first kappa shape index (κ1) is 21.4. The Labute approximate surface area is 177 Å². The molecule has 1 aromatic carbocycles. The molecule has 0 aliphatic carbocycles. The van der Waals surface area contributed by atoms with E-state index in [0.29, 0.717) is 23.7 Å². The number of fused-ring (bicyclic) bond motifs is 2. The number of aromatic nitrogens is 2. The van der Waals surface area contributed by atoms with Crippen LogP contribution in [0.2, 0.25) is 0 Å². The van der Waals surface area contributed by atoms with Crippen molar-refractivity contribution in [2.24, 2.45) is 0 Å². The van der Waals surface area contributed by atoms with E-state index in [1.54, 1.807) is 24.3 Å². The molecule has 3 aromatic rings. The molecular formula is C23H24F3N3O2. The van der Waals surface area contributed by atoms with E-state index >= 15 is 0 Å². The second-order valence-corrected chi connectivity index (χ2v) is 7.89. The van der Waals surface area contributed by atoms with Crippen molar-refractivity contribution in [3.63, 3.8) is 0 Å². The molecule has 0 unspecified atom stereocenters. The second-order valence-electron chi connectivity index (χ2n) is 7.89. The molecule has 0 bridgehead atoms. The molecule has 1 N–H and O–H groups in total. The minimum atomic E-state index is -4.17. The van der Waals surface area contributed by atoms with Crippen LogP contribution in [0.3, 0.4) is 0 Å². The molecule has 5 nitrogen and oxygen atoms in total. The molecule has 0 amide bonds. The molecule has 0 saturated heterocycles. The van der Waals surface area contributed by atoms with Gasteiger partial charge in [0, 0.05) is 30.6 Å². The third-order valence-corrected chi connectivity index (χ3v) is 5.44. The Morgan fingerprint density at radius 3 is 2.74 bits per heavy atom. The van der Waals surface area contributed by atoms with Crippen LogP contribution in [-0.2, 0) is 19.4 Å². The summed E-state index contributed by atoms with van der Waals surface area (Å²) >= 11 is 0. The lowest BCUT2D eigenvalue weighted by atomic mass is 9.96. The zero-order valence-corrected chi connectivity index (χ0v) is 17.0. The number of H-pyrrole nitrogens is 1. The van der Waals surface area contributed by atoms with Crippen molar-refractivity contribution in [2.75, 3.05) is 19.7 Å². The zero-order chi connectivity index (χ0) is 21.8. The topological polar surface area (TPSA) is 58.2 Å². The van der Waals surface area contributed by atoms with E-state index in [-0.39, 0.29) is 5.56 Å². The quantitative estimate of drug-likeness (QED) is 0.569. The van der Waals surface area contributed by atoms with E-state index in [2.05, 4.69) is 14.9 Å². The maximum absolute atomic E-state index is 12.6. The van der Waals surface area contributed by atoms with Crippen LogP contribution in [0.5, 0.6) is 5.88 Å². The average molecular weight is 431 g/mol. The van der Waals surface area contributed by atoms with Crippen LogP contribution in [0.15, 0.2) is 47.3 Å². The van der Waals surface area contributed by atoms with Crippen molar-refractivity contribution in [3.05, 3.63) is 69.5 Å². The molecule has 0 atom stereocenters. The van der Waals surface area contributed by atoms with Gasteiger partial charge in [-0.1, -0.05) is 18.2 Å². The van der Waals surface area contributed by atoms with Gasteiger partial charge in [0.25, 0.3) is 0 Å². The highest BCUT2D eigenvalue weighted by Gasteiger charge is 2.28. The third-order valence-electron chi connectivity index (χ3n) is 5.44. The highest BCUT2D eigenvalue weighted by Crippen LogP contribution is 2.25. The van der Waals surface area contributed by atoms with Gasteiger partial charge in [0.05, 0.1) is 13.0 Å². The standard InChI is InChI=1S/C23H24F3N3O2/c24-23(25,26)14-16-3-4-19-15-29(11-9-18(19)13-16)10-1-2-12-31-21-8-6-17-5-7-20(30)27-22(17)28-21/h3-8,13H,1-2,9-12,14-15H2,(H,27,28,30). The number of aromatic amines is 1. The second kappa shape index (κ2) is 9.09. The highest BCUT2D eigenvalue weighted by atomic mass is 19.4. The fourth-order valence-electron chi connectivity index (χ4n) is 3.90. The summed E-state index contributed by atoms with van der Waals surface area (Å²) in [5.41, 5.74) is 2.79. The number of unbranched alkanes of at least 4 members (excludes halogenated alkanes) is 1. The maximum atomic E-state index is 12.6. The Hall–Kier alpha value is -2.87. The number of ether oxygens (including phenoxy) is 1. The van der Waals surface area contributed by atoms with Crippen molar-refractivity contribution in [2.45, 2.75) is 38.4 Å². The van der Waals surface area contributed by atoms with E-state index in [1.807, 2.05) is 12.1 Å². The summed E-state index contributed by atoms with van der Waals surface area (Å²) in [4.78, 5) is 20.7. The van der Waals surface area contributed by atoms with Gasteiger partial charge in [0.2, 0.25) is 11.4 Å². The number of pyridine rings is 2. The Morgan fingerprint density at radius 1 is 1.06 bits per heavy atom. The van der Waals surface area contributed by atoms with Gasteiger partial charge in [-0.2, -0.15) is 18.2 Å². The van der Waals surface area contributed by atoms with Gasteiger partial charge in [-0.3, -0.25) is 9.69 Å². The Balaban J connectivity index is 1.22. The summed E-state index contributed by atoms with van der Waals surface area (Å²) < 4.78 is 43.5. The lowest BCUT2D eigenvalue weighted by Gasteiger charge is -2.29. The fourth-order valence-corrected chi connectivity index (χ4v) is 3.90. The molecule has 3 heterocycles. The van der Waals surface area contributed by atoms with E-state index < -0.39 is 12.6 Å².